The van der Waals surface area contributed by atoms with Gasteiger partial charge in [-0.05, 0) is 55.7 Å². The molecule has 1 atom stereocenters. The molecule has 178 valence electrons. The van der Waals surface area contributed by atoms with Crippen LogP contribution in [0, 0.1) is 5.82 Å². The van der Waals surface area contributed by atoms with E-state index in [0.717, 1.165) is 0 Å². The third-order valence-electron chi connectivity index (χ3n) is 5.95. The van der Waals surface area contributed by atoms with Crippen molar-refractivity contribution in [1.82, 2.24) is 9.88 Å². The van der Waals surface area contributed by atoms with Crippen molar-refractivity contribution in [3.05, 3.63) is 53.8 Å². The third-order valence-corrected chi connectivity index (χ3v) is 5.95. The molecule has 2 amide bonds. The van der Waals surface area contributed by atoms with Gasteiger partial charge in [-0.2, -0.15) is 0 Å². The highest BCUT2D eigenvalue weighted by atomic mass is 19.1. The number of rotatable bonds is 6. The van der Waals surface area contributed by atoms with Crippen LogP contribution in [0.4, 0.5) is 15.8 Å². The Morgan fingerprint density at radius 2 is 1.91 bits per heavy atom. The Kier molecular flexibility index (Phi) is 6.99. The molecular formula is C24H26FN5O4. The second-order valence-electron chi connectivity index (χ2n) is 8.45. The summed E-state index contributed by atoms with van der Waals surface area (Å²) in [6.45, 7) is 3.17. The van der Waals surface area contributed by atoms with Crippen molar-refractivity contribution >= 4 is 34.1 Å². The quantitative estimate of drug-likeness (QED) is 0.410. The van der Waals surface area contributed by atoms with Gasteiger partial charge < -0.3 is 20.5 Å². The predicted molar refractivity (Wildman–Crippen MR) is 125 cm³/mol. The molecule has 2 heterocycles. The number of aliphatic hydroxyl groups is 1. The van der Waals surface area contributed by atoms with Gasteiger partial charge in [0.2, 0.25) is 11.8 Å². The Labute approximate surface area is 195 Å². The summed E-state index contributed by atoms with van der Waals surface area (Å²) in [4.78, 5) is 29.7. The number of carbonyl (C=O) groups excluding carboxylic acids is 2. The summed E-state index contributed by atoms with van der Waals surface area (Å²) in [5, 5.41) is 30.9. The minimum Gasteiger partial charge on any atom is -0.493 e. The smallest absolute Gasteiger partial charge is 0.271 e. The van der Waals surface area contributed by atoms with E-state index in [1.807, 2.05) is 4.90 Å². The van der Waals surface area contributed by atoms with Crippen LogP contribution < -0.4 is 5.32 Å². The molecule has 0 spiro atoms. The van der Waals surface area contributed by atoms with E-state index < -0.39 is 17.6 Å². The molecule has 1 fully saturated rings. The standard InChI is InChI=1S/C24H26FN5O4/c1-14(15-2-4-16(25)5-3-15)23(33)29-28-22-19-12-17(6-7-20(19)27-24(22)34)26-21(32)13-30-10-8-18(31)9-11-30/h2-7,12,14,18,27,31,34H,8-11,13H2,1H3,(H,26,32). The number of H-pyrrole nitrogens is 1. The van der Waals surface area contributed by atoms with Crippen molar-refractivity contribution < 1.29 is 24.2 Å². The molecule has 1 aliphatic rings. The number of nitrogens with zero attached hydrogens (tertiary/aromatic N) is 3. The molecule has 3 aromatic rings. The number of nitrogens with one attached hydrogen (secondary N) is 2. The number of benzene rings is 2. The second-order valence-corrected chi connectivity index (χ2v) is 8.45. The Balaban J connectivity index is 1.47. The van der Waals surface area contributed by atoms with E-state index in [4.69, 9.17) is 0 Å². The molecule has 0 aliphatic carbocycles. The molecule has 34 heavy (non-hydrogen) atoms. The van der Waals surface area contributed by atoms with Crippen molar-refractivity contribution in [1.29, 1.82) is 0 Å². The minimum absolute atomic E-state index is 0.0794. The Morgan fingerprint density at radius 1 is 1.21 bits per heavy atom. The molecule has 4 N–H and O–H groups in total. The van der Waals surface area contributed by atoms with Crippen molar-refractivity contribution in [3.63, 3.8) is 0 Å². The molecule has 0 bridgehead atoms. The molecule has 1 unspecified atom stereocenters. The lowest BCUT2D eigenvalue weighted by atomic mass is 10.0. The van der Waals surface area contributed by atoms with Crippen LogP contribution in [-0.2, 0) is 9.59 Å². The van der Waals surface area contributed by atoms with Crippen molar-refractivity contribution in [3.8, 4) is 5.88 Å². The topological polar surface area (TPSA) is 130 Å². The third kappa shape index (κ3) is 5.46. The molecule has 0 radical (unpaired) electrons. The largest absolute Gasteiger partial charge is 0.493 e. The van der Waals surface area contributed by atoms with Crippen LogP contribution in [0.25, 0.3) is 10.9 Å². The van der Waals surface area contributed by atoms with Gasteiger partial charge in [-0.25, -0.2) is 4.39 Å². The maximum atomic E-state index is 13.1. The average Bonchev–Trinajstić information content (AvgIpc) is 3.13. The minimum atomic E-state index is -0.637. The van der Waals surface area contributed by atoms with E-state index >= 15 is 0 Å². The molecule has 9 nitrogen and oxygen atoms in total. The van der Waals surface area contributed by atoms with Gasteiger partial charge in [-0.3, -0.25) is 14.5 Å². The summed E-state index contributed by atoms with van der Waals surface area (Å²) in [5.74, 6) is -2.02. The van der Waals surface area contributed by atoms with Crippen molar-refractivity contribution in [2.75, 3.05) is 25.0 Å². The highest BCUT2D eigenvalue weighted by Crippen LogP contribution is 2.37. The lowest BCUT2D eigenvalue weighted by Gasteiger charge is -2.28. The first-order valence-corrected chi connectivity index (χ1v) is 11.1. The van der Waals surface area contributed by atoms with E-state index in [9.17, 15) is 24.2 Å². The van der Waals surface area contributed by atoms with Crippen LogP contribution in [0.5, 0.6) is 5.88 Å². The Hall–Kier alpha value is -3.63. The molecule has 10 heteroatoms. The van der Waals surface area contributed by atoms with E-state index in [-0.39, 0.29) is 30.1 Å². The molecular weight excluding hydrogens is 441 g/mol. The summed E-state index contributed by atoms with van der Waals surface area (Å²) in [5.41, 5.74) is 1.75. The highest BCUT2D eigenvalue weighted by molar-refractivity contribution is 6.00. The zero-order chi connectivity index (χ0) is 24.2. The van der Waals surface area contributed by atoms with Crippen LogP contribution in [-0.4, -0.2) is 57.6 Å². The van der Waals surface area contributed by atoms with Gasteiger partial charge in [0.25, 0.3) is 5.91 Å². The van der Waals surface area contributed by atoms with Gasteiger partial charge >= 0.3 is 0 Å². The first-order valence-electron chi connectivity index (χ1n) is 11.1. The van der Waals surface area contributed by atoms with Crippen LogP contribution >= 0.6 is 0 Å². The number of piperidine rings is 1. The molecule has 1 aromatic heterocycles. The number of fused-ring (bicyclic) bond motifs is 1. The number of aromatic hydroxyl groups is 1. The number of halogens is 1. The van der Waals surface area contributed by atoms with Gasteiger partial charge in [-0.1, -0.05) is 12.1 Å². The van der Waals surface area contributed by atoms with Gasteiger partial charge in [-0.15, -0.1) is 10.2 Å². The second kappa shape index (κ2) is 10.1. The fourth-order valence-corrected chi connectivity index (χ4v) is 3.90. The van der Waals surface area contributed by atoms with Crippen LogP contribution in [0.1, 0.15) is 31.2 Å². The summed E-state index contributed by atoms with van der Waals surface area (Å²) >= 11 is 0. The first kappa shape index (κ1) is 23.5. The SMILES string of the molecule is CC(C(=O)N=Nc1c(O)[nH]c2ccc(NC(=O)CN3CCC(O)CC3)cc12)c1ccc(F)cc1. The lowest BCUT2D eigenvalue weighted by molar-refractivity contribution is -0.119. The first-order chi connectivity index (χ1) is 16.3. The molecule has 2 aromatic carbocycles. The van der Waals surface area contributed by atoms with Crippen molar-refractivity contribution in [2.45, 2.75) is 31.8 Å². The average molecular weight is 468 g/mol. The molecule has 1 saturated heterocycles. The highest BCUT2D eigenvalue weighted by Gasteiger charge is 2.20. The summed E-state index contributed by atoms with van der Waals surface area (Å²) < 4.78 is 13.1. The number of aromatic amines is 1. The number of carbonyl (C=O) groups is 2. The van der Waals surface area contributed by atoms with Crippen LogP contribution in [0.3, 0.4) is 0 Å². The van der Waals surface area contributed by atoms with E-state index in [2.05, 4.69) is 20.5 Å². The zero-order valence-electron chi connectivity index (χ0n) is 18.7. The monoisotopic (exact) mass is 467 g/mol. The fraction of sp³-hybridized carbons (Fsp3) is 0.333. The number of anilines is 1. The fourth-order valence-electron chi connectivity index (χ4n) is 3.90. The van der Waals surface area contributed by atoms with E-state index in [0.29, 0.717) is 48.1 Å². The zero-order valence-corrected chi connectivity index (χ0v) is 18.7. The normalized spacial score (nSPS) is 16.2. The molecule has 1 aliphatic heterocycles. The summed E-state index contributed by atoms with van der Waals surface area (Å²) in [7, 11) is 0. The van der Waals surface area contributed by atoms with E-state index in [1.54, 1.807) is 25.1 Å². The Bertz CT molecular complexity index is 1220. The number of amides is 2. The van der Waals surface area contributed by atoms with Crippen LogP contribution in [0.15, 0.2) is 52.7 Å². The maximum Gasteiger partial charge on any atom is 0.271 e. The lowest BCUT2D eigenvalue weighted by Crippen LogP contribution is -2.40. The number of hydrogen-bond acceptors (Lipinski definition) is 6. The molecule has 0 saturated carbocycles. The number of likely N-dealkylation sites (tertiary alicyclic amines) is 1. The maximum absolute atomic E-state index is 13.1. The van der Waals surface area contributed by atoms with Crippen molar-refractivity contribution in [2.24, 2.45) is 10.2 Å². The van der Waals surface area contributed by atoms with Gasteiger partial charge in [0.05, 0.1) is 24.1 Å². The number of aromatic nitrogens is 1. The summed E-state index contributed by atoms with van der Waals surface area (Å²) in [6.07, 6.45) is 0.991. The molecule has 4 rings (SSSR count). The van der Waals surface area contributed by atoms with Gasteiger partial charge in [0.15, 0.2) is 5.69 Å². The van der Waals surface area contributed by atoms with E-state index in [1.165, 1.54) is 24.3 Å². The number of hydrogen-bond donors (Lipinski definition) is 4. The number of aliphatic hydroxyl groups excluding tert-OH is 1. The van der Waals surface area contributed by atoms with Gasteiger partial charge in [0.1, 0.15) is 5.82 Å². The number of azo groups is 1. The Morgan fingerprint density at radius 3 is 2.62 bits per heavy atom. The van der Waals surface area contributed by atoms with Gasteiger partial charge in [0, 0.05) is 24.2 Å². The summed E-state index contributed by atoms with van der Waals surface area (Å²) in [6, 6.07) is 10.6. The predicted octanol–water partition coefficient (Wildman–Crippen LogP) is 3.82. The van der Waals surface area contributed by atoms with Crippen LogP contribution in [0.2, 0.25) is 0 Å².